The highest BCUT2D eigenvalue weighted by molar-refractivity contribution is 5.36. The summed E-state index contributed by atoms with van der Waals surface area (Å²) < 4.78 is 5.43. The standard InChI is InChI=1S/C12H23N5O2/c1-4-6-13-10-15-11(14-9(3)8-18)17-12(16-10)19-7-5-2/h9,18H,4-8H2,1-3H3,(H2,13,14,15,16,17). The molecule has 1 aromatic heterocycles. The highest BCUT2D eigenvalue weighted by Crippen LogP contribution is 2.12. The summed E-state index contributed by atoms with van der Waals surface area (Å²) in [5.41, 5.74) is 0. The molecule has 1 heterocycles. The summed E-state index contributed by atoms with van der Waals surface area (Å²) >= 11 is 0. The van der Waals surface area contributed by atoms with E-state index in [4.69, 9.17) is 9.84 Å². The van der Waals surface area contributed by atoms with Crippen LogP contribution in [0.3, 0.4) is 0 Å². The van der Waals surface area contributed by atoms with E-state index in [9.17, 15) is 0 Å². The molecule has 19 heavy (non-hydrogen) atoms. The van der Waals surface area contributed by atoms with Crippen molar-refractivity contribution in [2.24, 2.45) is 0 Å². The smallest absolute Gasteiger partial charge is 0.323 e. The maximum atomic E-state index is 9.04. The fourth-order valence-corrected chi connectivity index (χ4v) is 1.26. The van der Waals surface area contributed by atoms with Gasteiger partial charge >= 0.3 is 6.01 Å². The molecule has 0 aliphatic rings. The van der Waals surface area contributed by atoms with E-state index in [0.717, 1.165) is 19.4 Å². The molecule has 3 N–H and O–H groups in total. The molecule has 0 bridgehead atoms. The van der Waals surface area contributed by atoms with Crippen LogP contribution in [0.2, 0.25) is 0 Å². The van der Waals surface area contributed by atoms with Crippen LogP contribution in [0, 0.1) is 0 Å². The second-order valence-corrected chi connectivity index (χ2v) is 4.27. The third-order valence-corrected chi connectivity index (χ3v) is 2.23. The molecule has 0 aliphatic heterocycles. The van der Waals surface area contributed by atoms with Gasteiger partial charge < -0.3 is 20.5 Å². The fraction of sp³-hybridized carbons (Fsp3) is 0.750. The summed E-state index contributed by atoms with van der Waals surface area (Å²) in [6.07, 6.45) is 1.87. The predicted octanol–water partition coefficient (Wildman–Crippen LogP) is 1.27. The molecule has 0 aliphatic carbocycles. The molecule has 0 amide bonds. The molecular weight excluding hydrogens is 246 g/mol. The van der Waals surface area contributed by atoms with Crippen LogP contribution in [-0.4, -0.2) is 45.9 Å². The van der Waals surface area contributed by atoms with Crippen molar-refractivity contribution in [1.29, 1.82) is 0 Å². The second-order valence-electron chi connectivity index (χ2n) is 4.27. The van der Waals surface area contributed by atoms with Gasteiger partial charge in [0.2, 0.25) is 11.9 Å². The van der Waals surface area contributed by atoms with Crippen LogP contribution in [0.5, 0.6) is 6.01 Å². The van der Waals surface area contributed by atoms with E-state index in [1.54, 1.807) is 0 Å². The topological polar surface area (TPSA) is 92.2 Å². The Morgan fingerprint density at radius 1 is 1.16 bits per heavy atom. The first kappa shape index (κ1) is 15.4. The van der Waals surface area contributed by atoms with Gasteiger partial charge in [-0.2, -0.15) is 15.0 Å². The van der Waals surface area contributed by atoms with E-state index in [-0.39, 0.29) is 12.6 Å². The minimum Gasteiger partial charge on any atom is -0.463 e. The van der Waals surface area contributed by atoms with Gasteiger partial charge in [-0.3, -0.25) is 0 Å². The van der Waals surface area contributed by atoms with Crippen LogP contribution in [0.4, 0.5) is 11.9 Å². The average Bonchev–Trinajstić information content (AvgIpc) is 2.42. The Morgan fingerprint density at radius 3 is 2.53 bits per heavy atom. The molecule has 108 valence electrons. The number of nitrogens with zero attached hydrogens (tertiary/aromatic N) is 3. The minimum atomic E-state index is -0.125. The van der Waals surface area contributed by atoms with Crippen LogP contribution in [0.15, 0.2) is 0 Å². The third kappa shape index (κ3) is 5.69. The molecule has 1 atom stereocenters. The molecule has 0 spiro atoms. The van der Waals surface area contributed by atoms with Crippen molar-refractivity contribution in [3.05, 3.63) is 0 Å². The molecule has 0 saturated heterocycles. The summed E-state index contributed by atoms with van der Waals surface area (Å²) in [5.74, 6) is 0.886. The van der Waals surface area contributed by atoms with E-state index >= 15 is 0 Å². The van der Waals surface area contributed by atoms with Gasteiger partial charge in [-0.05, 0) is 19.8 Å². The van der Waals surface area contributed by atoms with E-state index in [2.05, 4.69) is 32.5 Å². The lowest BCUT2D eigenvalue weighted by atomic mass is 10.4. The minimum absolute atomic E-state index is 0.00849. The maximum Gasteiger partial charge on any atom is 0.323 e. The second kappa shape index (κ2) is 8.47. The number of aliphatic hydroxyl groups excluding tert-OH is 1. The van der Waals surface area contributed by atoms with E-state index in [1.165, 1.54) is 0 Å². The number of rotatable bonds is 9. The molecule has 1 rings (SSSR count). The molecule has 0 aromatic carbocycles. The van der Waals surface area contributed by atoms with Crippen molar-refractivity contribution < 1.29 is 9.84 Å². The number of aromatic nitrogens is 3. The lowest BCUT2D eigenvalue weighted by Crippen LogP contribution is -2.22. The quantitative estimate of drug-likeness (QED) is 0.621. The summed E-state index contributed by atoms with van der Waals surface area (Å²) in [5, 5.41) is 15.1. The van der Waals surface area contributed by atoms with Gasteiger partial charge in [0.1, 0.15) is 0 Å². The Bertz CT molecular complexity index is 349. The molecule has 0 saturated carbocycles. The van der Waals surface area contributed by atoms with Crippen LogP contribution < -0.4 is 15.4 Å². The summed E-state index contributed by atoms with van der Waals surface area (Å²) in [4.78, 5) is 12.6. The Labute approximate surface area is 113 Å². The molecule has 1 aromatic rings. The highest BCUT2D eigenvalue weighted by atomic mass is 16.5. The van der Waals surface area contributed by atoms with Crippen molar-refractivity contribution in [2.75, 3.05) is 30.4 Å². The number of nitrogens with one attached hydrogen (secondary N) is 2. The molecule has 0 radical (unpaired) electrons. The molecule has 7 nitrogen and oxygen atoms in total. The van der Waals surface area contributed by atoms with Gasteiger partial charge in [0.05, 0.1) is 13.2 Å². The van der Waals surface area contributed by atoms with Gasteiger partial charge in [-0.1, -0.05) is 13.8 Å². The van der Waals surface area contributed by atoms with Crippen molar-refractivity contribution in [3.8, 4) is 6.01 Å². The van der Waals surface area contributed by atoms with Crippen LogP contribution in [-0.2, 0) is 0 Å². The molecular formula is C12H23N5O2. The lowest BCUT2D eigenvalue weighted by molar-refractivity contribution is 0.279. The van der Waals surface area contributed by atoms with Crippen molar-refractivity contribution in [2.45, 2.75) is 39.7 Å². The molecule has 7 heteroatoms. The Morgan fingerprint density at radius 2 is 1.89 bits per heavy atom. The Hall–Kier alpha value is -1.63. The normalized spacial score (nSPS) is 12.0. The van der Waals surface area contributed by atoms with Gasteiger partial charge in [-0.15, -0.1) is 0 Å². The van der Waals surface area contributed by atoms with E-state index < -0.39 is 0 Å². The van der Waals surface area contributed by atoms with Gasteiger partial charge in [0.15, 0.2) is 0 Å². The van der Waals surface area contributed by atoms with Gasteiger partial charge in [-0.25, -0.2) is 0 Å². The average molecular weight is 269 g/mol. The first-order chi connectivity index (χ1) is 9.19. The highest BCUT2D eigenvalue weighted by Gasteiger charge is 2.09. The van der Waals surface area contributed by atoms with Crippen molar-refractivity contribution in [1.82, 2.24) is 15.0 Å². The lowest BCUT2D eigenvalue weighted by Gasteiger charge is -2.13. The van der Waals surface area contributed by atoms with E-state index in [0.29, 0.717) is 24.5 Å². The van der Waals surface area contributed by atoms with Crippen LogP contribution >= 0.6 is 0 Å². The Kier molecular flexibility index (Phi) is 6.88. The zero-order chi connectivity index (χ0) is 14.1. The number of hydrogen-bond acceptors (Lipinski definition) is 7. The maximum absolute atomic E-state index is 9.04. The summed E-state index contributed by atoms with van der Waals surface area (Å²) in [6.45, 7) is 7.28. The first-order valence-electron chi connectivity index (χ1n) is 6.69. The SMILES string of the molecule is CCCNc1nc(NC(C)CO)nc(OCCC)n1. The summed E-state index contributed by atoms with van der Waals surface area (Å²) in [6, 6.07) is 0.170. The largest absolute Gasteiger partial charge is 0.463 e. The molecule has 1 unspecified atom stereocenters. The number of hydrogen-bond donors (Lipinski definition) is 3. The van der Waals surface area contributed by atoms with Gasteiger partial charge in [0.25, 0.3) is 0 Å². The zero-order valence-electron chi connectivity index (χ0n) is 11.8. The number of anilines is 2. The van der Waals surface area contributed by atoms with Crippen molar-refractivity contribution >= 4 is 11.9 Å². The first-order valence-corrected chi connectivity index (χ1v) is 6.69. The molecule has 0 fully saturated rings. The fourth-order valence-electron chi connectivity index (χ4n) is 1.26. The van der Waals surface area contributed by atoms with Crippen LogP contribution in [0.1, 0.15) is 33.6 Å². The predicted molar refractivity (Wildman–Crippen MR) is 74.6 cm³/mol. The van der Waals surface area contributed by atoms with Crippen molar-refractivity contribution in [3.63, 3.8) is 0 Å². The number of aliphatic hydroxyl groups is 1. The monoisotopic (exact) mass is 269 g/mol. The number of ether oxygens (including phenoxy) is 1. The zero-order valence-corrected chi connectivity index (χ0v) is 11.8. The third-order valence-electron chi connectivity index (χ3n) is 2.23. The Balaban J connectivity index is 2.81. The van der Waals surface area contributed by atoms with Gasteiger partial charge in [0, 0.05) is 12.6 Å². The van der Waals surface area contributed by atoms with E-state index in [1.807, 2.05) is 13.8 Å². The summed E-state index contributed by atoms with van der Waals surface area (Å²) in [7, 11) is 0. The van der Waals surface area contributed by atoms with Crippen LogP contribution in [0.25, 0.3) is 0 Å².